The van der Waals surface area contributed by atoms with E-state index in [0.29, 0.717) is 11.4 Å². The van der Waals surface area contributed by atoms with Gasteiger partial charge in [0, 0.05) is 4.47 Å². The molecule has 0 aliphatic carbocycles. The molecule has 2 aromatic rings. The summed E-state index contributed by atoms with van der Waals surface area (Å²) >= 11 is 15.7. The van der Waals surface area contributed by atoms with Crippen molar-refractivity contribution in [3.63, 3.8) is 0 Å². The molecule has 18 heavy (non-hydrogen) atoms. The van der Waals surface area contributed by atoms with Crippen LogP contribution in [-0.2, 0) is 6.42 Å². The van der Waals surface area contributed by atoms with Crippen LogP contribution in [-0.4, -0.2) is 0 Å². The van der Waals surface area contributed by atoms with Gasteiger partial charge in [0.15, 0.2) is 0 Å². The first-order valence-electron chi connectivity index (χ1n) is 5.40. The summed E-state index contributed by atoms with van der Waals surface area (Å²) in [6.07, 6.45) is 0.639. The van der Waals surface area contributed by atoms with Gasteiger partial charge in [-0.05, 0) is 57.7 Å². The van der Waals surface area contributed by atoms with Crippen molar-refractivity contribution in [2.24, 2.45) is 0 Å². The van der Waals surface area contributed by atoms with Crippen LogP contribution in [0, 0.1) is 5.82 Å². The van der Waals surface area contributed by atoms with Crippen molar-refractivity contribution >= 4 is 39.1 Å². The standard InChI is InChI=1S/C14H10BrCl2F/c15-12-6-3-10(8-14(12)17)13(16)7-9-1-4-11(18)5-2-9/h1-6,8,13H,7H2. The van der Waals surface area contributed by atoms with Crippen molar-refractivity contribution in [3.8, 4) is 0 Å². The highest BCUT2D eigenvalue weighted by atomic mass is 79.9. The van der Waals surface area contributed by atoms with Crippen molar-refractivity contribution in [1.82, 2.24) is 0 Å². The van der Waals surface area contributed by atoms with Crippen LogP contribution >= 0.6 is 39.1 Å². The van der Waals surface area contributed by atoms with Gasteiger partial charge in [-0.2, -0.15) is 0 Å². The lowest BCUT2D eigenvalue weighted by molar-refractivity contribution is 0.627. The van der Waals surface area contributed by atoms with Crippen LogP contribution in [0.3, 0.4) is 0 Å². The molecule has 0 radical (unpaired) electrons. The lowest BCUT2D eigenvalue weighted by Gasteiger charge is -2.11. The van der Waals surface area contributed by atoms with Crippen LogP contribution in [0.2, 0.25) is 5.02 Å². The maximum absolute atomic E-state index is 12.8. The van der Waals surface area contributed by atoms with Gasteiger partial charge in [0.05, 0.1) is 10.4 Å². The lowest BCUT2D eigenvalue weighted by atomic mass is 10.0. The van der Waals surface area contributed by atoms with Crippen LogP contribution in [0.1, 0.15) is 16.5 Å². The topological polar surface area (TPSA) is 0 Å². The van der Waals surface area contributed by atoms with E-state index in [9.17, 15) is 4.39 Å². The SMILES string of the molecule is Fc1ccc(CC(Cl)c2ccc(Br)c(Cl)c2)cc1. The van der Waals surface area contributed by atoms with Crippen LogP contribution in [0.15, 0.2) is 46.9 Å². The van der Waals surface area contributed by atoms with Crippen LogP contribution < -0.4 is 0 Å². The number of benzene rings is 2. The smallest absolute Gasteiger partial charge is 0.123 e. The zero-order valence-corrected chi connectivity index (χ0v) is 12.4. The summed E-state index contributed by atoms with van der Waals surface area (Å²) < 4.78 is 13.6. The zero-order valence-electron chi connectivity index (χ0n) is 9.34. The van der Waals surface area contributed by atoms with E-state index in [1.165, 1.54) is 12.1 Å². The molecule has 0 aliphatic rings. The Kier molecular flexibility index (Phi) is 4.66. The molecule has 0 heterocycles. The molecule has 1 unspecified atom stereocenters. The molecule has 0 fully saturated rings. The minimum absolute atomic E-state index is 0.180. The Balaban J connectivity index is 2.13. The van der Waals surface area contributed by atoms with Gasteiger partial charge in [0.1, 0.15) is 5.82 Å². The van der Waals surface area contributed by atoms with Crippen LogP contribution in [0.5, 0.6) is 0 Å². The van der Waals surface area contributed by atoms with Crippen molar-refractivity contribution < 1.29 is 4.39 Å². The summed E-state index contributed by atoms with van der Waals surface area (Å²) in [7, 11) is 0. The van der Waals surface area contributed by atoms with Gasteiger partial charge in [-0.25, -0.2) is 4.39 Å². The van der Waals surface area contributed by atoms with Gasteiger partial charge in [-0.15, -0.1) is 11.6 Å². The fourth-order valence-electron chi connectivity index (χ4n) is 1.65. The second-order valence-corrected chi connectivity index (χ2v) is 5.76. The van der Waals surface area contributed by atoms with Gasteiger partial charge in [-0.3, -0.25) is 0 Å². The fraction of sp³-hybridized carbons (Fsp3) is 0.143. The maximum Gasteiger partial charge on any atom is 0.123 e. The molecule has 4 heteroatoms. The van der Waals surface area contributed by atoms with E-state index in [1.807, 2.05) is 18.2 Å². The van der Waals surface area contributed by atoms with E-state index in [2.05, 4.69) is 15.9 Å². The first-order chi connectivity index (χ1) is 8.56. The quantitative estimate of drug-likeness (QED) is 0.619. The molecule has 2 aromatic carbocycles. The molecule has 0 bridgehead atoms. The Morgan fingerprint density at radius 1 is 1.11 bits per heavy atom. The summed E-state index contributed by atoms with van der Waals surface area (Å²) in [4.78, 5) is 0. The third-order valence-electron chi connectivity index (χ3n) is 2.63. The third-order valence-corrected chi connectivity index (χ3v) is 4.27. The predicted molar refractivity (Wildman–Crippen MR) is 77.9 cm³/mol. The Hall–Kier alpha value is -0.570. The minimum Gasteiger partial charge on any atom is -0.207 e. The maximum atomic E-state index is 12.8. The highest BCUT2D eigenvalue weighted by Crippen LogP contribution is 2.30. The summed E-state index contributed by atoms with van der Waals surface area (Å²) in [5.74, 6) is -0.239. The highest BCUT2D eigenvalue weighted by Gasteiger charge is 2.10. The minimum atomic E-state index is -0.239. The van der Waals surface area contributed by atoms with Crippen molar-refractivity contribution in [1.29, 1.82) is 0 Å². The second kappa shape index (κ2) is 6.05. The van der Waals surface area contributed by atoms with Gasteiger partial charge in [0.2, 0.25) is 0 Å². The van der Waals surface area contributed by atoms with Gasteiger partial charge < -0.3 is 0 Å². The molecule has 0 aliphatic heterocycles. The molecule has 0 aromatic heterocycles. The lowest BCUT2D eigenvalue weighted by Crippen LogP contribution is -1.96. The van der Waals surface area contributed by atoms with E-state index in [1.54, 1.807) is 12.1 Å². The van der Waals surface area contributed by atoms with E-state index < -0.39 is 0 Å². The van der Waals surface area contributed by atoms with Crippen LogP contribution in [0.25, 0.3) is 0 Å². The van der Waals surface area contributed by atoms with E-state index in [0.717, 1.165) is 15.6 Å². The van der Waals surface area contributed by atoms with E-state index in [4.69, 9.17) is 23.2 Å². The first kappa shape index (κ1) is 13.9. The normalized spacial score (nSPS) is 12.4. The Labute approximate surface area is 124 Å². The molecule has 0 spiro atoms. The average Bonchev–Trinajstić information content (AvgIpc) is 2.35. The third kappa shape index (κ3) is 3.47. The summed E-state index contributed by atoms with van der Waals surface area (Å²) in [5, 5.41) is 0.457. The molecule has 1 atom stereocenters. The molecule has 0 amide bonds. The number of alkyl halides is 1. The summed E-state index contributed by atoms with van der Waals surface area (Å²) in [5.41, 5.74) is 1.95. The van der Waals surface area contributed by atoms with Crippen molar-refractivity contribution in [2.75, 3.05) is 0 Å². The summed E-state index contributed by atoms with van der Waals surface area (Å²) in [6.45, 7) is 0. The Morgan fingerprint density at radius 3 is 2.39 bits per heavy atom. The predicted octanol–water partition coefficient (Wildman–Crippen LogP) is 5.76. The molecule has 0 saturated carbocycles. The van der Waals surface area contributed by atoms with Gasteiger partial charge in [-0.1, -0.05) is 29.8 Å². The van der Waals surface area contributed by atoms with Crippen molar-refractivity contribution in [3.05, 3.63) is 68.9 Å². The van der Waals surface area contributed by atoms with Gasteiger partial charge in [0.25, 0.3) is 0 Å². The highest BCUT2D eigenvalue weighted by molar-refractivity contribution is 9.10. The van der Waals surface area contributed by atoms with Crippen molar-refractivity contribution in [2.45, 2.75) is 11.8 Å². The Morgan fingerprint density at radius 2 is 1.78 bits per heavy atom. The van der Waals surface area contributed by atoms with E-state index in [-0.39, 0.29) is 11.2 Å². The molecule has 0 N–H and O–H groups in total. The fourth-order valence-corrected chi connectivity index (χ4v) is 2.40. The van der Waals surface area contributed by atoms with E-state index >= 15 is 0 Å². The molecule has 0 saturated heterocycles. The number of rotatable bonds is 3. The molecular formula is C14H10BrCl2F. The molecule has 94 valence electrons. The molecular weight excluding hydrogens is 338 g/mol. The second-order valence-electron chi connectivity index (χ2n) is 3.97. The molecule has 0 nitrogen and oxygen atoms in total. The molecule has 2 rings (SSSR count). The monoisotopic (exact) mass is 346 g/mol. The zero-order chi connectivity index (χ0) is 13.1. The number of halogens is 4. The summed E-state index contributed by atoms with van der Waals surface area (Å²) in [6, 6.07) is 12.0. The largest absolute Gasteiger partial charge is 0.207 e. The number of hydrogen-bond acceptors (Lipinski definition) is 0. The van der Waals surface area contributed by atoms with Crippen LogP contribution in [0.4, 0.5) is 4.39 Å². The first-order valence-corrected chi connectivity index (χ1v) is 7.00. The average molecular weight is 348 g/mol. The number of hydrogen-bond donors (Lipinski definition) is 0. The Bertz CT molecular complexity index is 540. The van der Waals surface area contributed by atoms with Gasteiger partial charge >= 0.3 is 0 Å².